The molecule has 3 aromatic rings. The van der Waals surface area contributed by atoms with Crippen LogP contribution in [0, 0.1) is 5.82 Å². The van der Waals surface area contributed by atoms with Crippen molar-refractivity contribution in [2.24, 2.45) is 0 Å². The number of nitrogens with zero attached hydrogens (tertiary/aromatic N) is 2. The van der Waals surface area contributed by atoms with E-state index in [4.69, 9.17) is 4.74 Å². The molecule has 1 amide bonds. The van der Waals surface area contributed by atoms with Crippen molar-refractivity contribution in [2.75, 3.05) is 24.0 Å². The van der Waals surface area contributed by atoms with Gasteiger partial charge in [0.1, 0.15) is 12.5 Å². The molecular weight excluding hydrogens is 466 g/mol. The number of fused-ring (bicyclic) bond motifs is 1. The Labute approximate surface area is 189 Å². The number of aryl methyl sites for hydroxylation is 1. The van der Waals surface area contributed by atoms with E-state index in [9.17, 15) is 22.4 Å². The molecule has 1 N–H and O–H groups in total. The zero-order valence-corrected chi connectivity index (χ0v) is 18.8. The van der Waals surface area contributed by atoms with Crippen LogP contribution in [0.2, 0.25) is 0 Å². The van der Waals surface area contributed by atoms with Gasteiger partial charge in [-0.05, 0) is 24.1 Å². The second-order valence-electron chi connectivity index (χ2n) is 7.27. The van der Waals surface area contributed by atoms with Gasteiger partial charge in [0.05, 0.1) is 29.3 Å². The van der Waals surface area contributed by atoms with Crippen LogP contribution in [0.1, 0.15) is 28.5 Å². The predicted molar refractivity (Wildman–Crippen MR) is 117 cm³/mol. The van der Waals surface area contributed by atoms with E-state index in [1.807, 2.05) is 18.9 Å². The molecule has 0 saturated heterocycles. The normalized spacial score (nSPS) is 13.9. The first-order valence-corrected chi connectivity index (χ1v) is 11.4. The fraction of sp³-hybridized carbons (Fsp3) is 0.333. The molecule has 5 nitrogen and oxygen atoms in total. The van der Waals surface area contributed by atoms with Crippen molar-refractivity contribution in [3.63, 3.8) is 0 Å². The van der Waals surface area contributed by atoms with Crippen molar-refractivity contribution in [3.8, 4) is 11.3 Å². The summed E-state index contributed by atoms with van der Waals surface area (Å²) < 4.78 is 57.7. The molecule has 1 aromatic carbocycles. The van der Waals surface area contributed by atoms with Crippen LogP contribution in [-0.2, 0) is 35.2 Å². The fourth-order valence-electron chi connectivity index (χ4n) is 3.52. The Morgan fingerprint density at radius 1 is 1.34 bits per heavy atom. The number of nitrogens with one attached hydrogen (secondary N) is 1. The second-order valence-corrected chi connectivity index (χ2v) is 9.21. The number of rotatable bonds is 5. The van der Waals surface area contributed by atoms with E-state index in [2.05, 4.69) is 10.3 Å². The molecular formula is C21H19F4N3O2S2. The van der Waals surface area contributed by atoms with Crippen molar-refractivity contribution in [2.45, 2.75) is 32.5 Å². The van der Waals surface area contributed by atoms with Crippen molar-refractivity contribution in [3.05, 3.63) is 51.0 Å². The quantitative estimate of drug-likeness (QED) is 0.472. The zero-order valence-electron chi connectivity index (χ0n) is 17.2. The monoisotopic (exact) mass is 485 g/mol. The number of hydrogen-bond acceptors (Lipinski definition) is 6. The number of thiophene rings is 1. The molecule has 0 atom stereocenters. The van der Waals surface area contributed by atoms with Gasteiger partial charge in [-0.15, -0.1) is 22.7 Å². The number of thiazole rings is 1. The lowest BCUT2D eigenvalue weighted by Crippen LogP contribution is -2.26. The summed E-state index contributed by atoms with van der Waals surface area (Å²) in [6.45, 7) is 3.00. The molecule has 170 valence electrons. The van der Waals surface area contributed by atoms with Gasteiger partial charge < -0.3 is 15.0 Å². The van der Waals surface area contributed by atoms with Gasteiger partial charge in [-0.25, -0.2) is 9.37 Å². The molecule has 0 fully saturated rings. The highest BCUT2D eigenvalue weighted by atomic mass is 32.1. The van der Waals surface area contributed by atoms with Crippen molar-refractivity contribution in [1.82, 2.24) is 4.98 Å². The SMILES string of the molecule is CCc1sc2c(c1CC(=O)Nc1nc(-c3ccc(C(F)(F)F)c(F)c3)cs1)COCN2C. The minimum atomic E-state index is -4.76. The van der Waals surface area contributed by atoms with Gasteiger partial charge >= 0.3 is 6.18 Å². The van der Waals surface area contributed by atoms with Crippen molar-refractivity contribution < 1.29 is 27.1 Å². The minimum Gasteiger partial charge on any atom is -0.356 e. The Kier molecular flexibility index (Phi) is 6.24. The largest absolute Gasteiger partial charge is 0.419 e. The number of halogens is 4. The molecule has 4 rings (SSSR count). The number of ether oxygens (including phenoxy) is 1. The van der Waals surface area contributed by atoms with Crippen LogP contribution in [0.25, 0.3) is 11.3 Å². The van der Waals surface area contributed by atoms with Crippen LogP contribution in [-0.4, -0.2) is 24.7 Å². The van der Waals surface area contributed by atoms with E-state index in [0.717, 1.165) is 50.9 Å². The molecule has 0 unspecified atom stereocenters. The van der Waals surface area contributed by atoms with Crippen LogP contribution in [0.5, 0.6) is 0 Å². The average molecular weight is 486 g/mol. The van der Waals surface area contributed by atoms with E-state index in [1.165, 1.54) is 0 Å². The molecule has 2 aromatic heterocycles. The van der Waals surface area contributed by atoms with Gasteiger partial charge in [-0.1, -0.05) is 13.0 Å². The Balaban J connectivity index is 1.49. The standard InChI is InChI=1S/C21H19F4N3O2S2/c1-3-17-12(13-8-30-10-28(2)19(13)32-17)7-18(29)27-20-26-16(9-31-20)11-4-5-14(15(22)6-11)21(23,24)25/h4-6,9H,3,7-8,10H2,1-2H3,(H,26,27,29). The summed E-state index contributed by atoms with van der Waals surface area (Å²) in [7, 11) is 1.94. The summed E-state index contributed by atoms with van der Waals surface area (Å²) in [6.07, 6.45) is -3.80. The number of carbonyl (C=O) groups excluding carboxylic acids is 1. The molecule has 3 heterocycles. The number of aromatic nitrogens is 1. The number of hydrogen-bond donors (Lipinski definition) is 1. The fourth-order valence-corrected chi connectivity index (χ4v) is 5.47. The van der Waals surface area contributed by atoms with Gasteiger partial charge in [0.2, 0.25) is 5.91 Å². The molecule has 1 aliphatic rings. The lowest BCUT2D eigenvalue weighted by atomic mass is 10.0. The number of carbonyl (C=O) groups is 1. The molecule has 1 aliphatic heterocycles. The van der Waals surface area contributed by atoms with E-state index >= 15 is 0 Å². The van der Waals surface area contributed by atoms with Crippen LogP contribution < -0.4 is 10.2 Å². The lowest BCUT2D eigenvalue weighted by molar-refractivity contribution is -0.140. The number of amides is 1. The zero-order chi connectivity index (χ0) is 23.0. The molecule has 0 spiro atoms. The third-order valence-corrected chi connectivity index (χ3v) is 7.33. The first-order valence-electron chi connectivity index (χ1n) is 9.72. The summed E-state index contributed by atoms with van der Waals surface area (Å²) >= 11 is 2.78. The Morgan fingerprint density at radius 3 is 2.81 bits per heavy atom. The first-order chi connectivity index (χ1) is 15.2. The molecule has 0 bridgehead atoms. The Hall–Kier alpha value is -2.50. The summed E-state index contributed by atoms with van der Waals surface area (Å²) in [4.78, 5) is 20.1. The Bertz CT molecular complexity index is 1160. The third kappa shape index (κ3) is 4.50. The smallest absolute Gasteiger partial charge is 0.356 e. The summed E-state index contributed by atoms with van der Waals surface area (Å²) in [5, 5.41) is 5.70. The lowest BCUT2D eigenvalue weighted by Gasteiger charge is -2.24. The average Bonchev–Trinajstić information content (AvgIpc) is 3.32. The van der Waals surface area contributed by atoms with E-state index in [0.29, 0.717) is 24.5 Å². The summed E-state index contributed by atoms with van der Waals surface area (Å²) in [6, 6.07) is 2.65. The maximum Gasteiger partial charge on any atom is 0.419 e. The number of alkyl halides is 3. The topological polar surface area (TPSA) is 54.5 Å². The van der Waals surface area contributed by atoms with Crippen LogP contribution in [0.4, 0.5) is 27.7 Å². The highest BCUT2D eigenvalue weighted by molar-refractivity contribution is 7.16. The first kappa shape index (κ1) is 22.7. The highest BCUT2D eigenvalue weighted by Crippen LogP contribution is 2.39. The summed E-state index contributed by atoms with van der Waals surface area (Å²) in [5.74, 6) is -1.62. The molecule has 32 heavy (non-hydrogen) atoms. The molecule has 0 radical (unpaired) electrons. The van der Waals surface area contributed by atoms with Gasteiger partial charge in [0.25, 0.3) is 0 Å². The molecule has 0 saturated carbocycles. The summed E-state index contributed by atoms with van der Waals surface area (Å²) in [5.41, 5.74) is 1.14. The van der Waals surface area contributed by atoms with E-state index in [1.54, 1.807) is 16.7 Å². The maximum atomic E-state index is 13.9. The van der Waals surface area contributed by atoms with Gasteiger partial charge in [-0.2, -0.15) is 13.2 Å². The maximum absolute atomic E-state index is 13.9. The van der Waals surface area contributed by atoms with Gasteiger partial charge in [0.15, 0.2) is 5.13 Å². The van der Waals surface area contributed by atoms with Crippen molar-refractivity contribution in [1.29, 1.82) is 0 Å². The minimum absolute atomic E-state index is 0.163. The van der Waals surface area contributed by atoms with E-state index < -0.39 is 17.6 Å². The third-order valence-electron chi connectivity index (χ3n) is 5.04. The van der Waals surface area contributed by atoms with Gasteiger partial charge in [0, 0.05) is 28.4 Å². The van der Waals surface area contributed by atoms with E-state index in [-0.39, 0.29) is 23.6 Å². The van der Waals surface area contributed by atoms with Crippen LogP contribution in [0.3, 0.4) is 0 Å². The Morgan fingerprint density at radius 2 is 2.12 bits per heavy atom. The van der Waals surface area contributed by atoms with Crippen LogP contribution in [0.15, 0.2) is 23.6 Å². The number of anilines is 2. The van der Waals surface area contributed by atoms with Gasteiger partial charge in [-0.3, -0.25) is 4.79 Å². The van der Waals surface area contributed by atoms with Crippen molar-refractivity contribution >= 4 is 38.7 Å². The number of benzene rings is 1. The second kappa shape index (κ2) is 8.80. The molecule has 0 aliphatic carbocycles. The molecule has 11 heteroatoms. The highest BCUT2D eigenvalue weighted by Gasteiger charge is 2.34. The predicted octanol–water partition coefficient (Wildman–Crippen LogP) is 5.70. The van der Waals surface area contributed by atoms with Crippen LogP contribution >= 0.6 is 22.7 Å².